The topological polar surface area (TPSA) is 32.7 Å². The van der Waals surface area contributed by atoms with Crippen LogP contribution in [-0.2, 0) is 10.3 Å². The molecule has 4 rings (SSSR count). The molecule has 2 fully saturated rings. The van der Waals surface area contributed by atoms with Gasteiger partial charge in [-0.3, -0.25) is 4.90 Å². The highest BCUT2D eigenvalue weighted by atomic mass is 35.5. The summed E-state index contributed by atoms with van der Waals surface area (Å²) in [4.78, 5) is 2.48. The summed E-state index contributed by atoms with van der Waals surface area (Å²) < 4.78 is 5.58. The number of rotatable bonds is 6. The first-order valence-electron chi connectivity index (χ1n) is 11.3. The van der Waals surface area contributed by atoms with Gasteiger partial charge in [-0.05, 0) is 36.8 Å². The first-order valence-corrected chi connectivity index (χ1v) is 11.3. The maximum absolute atomic E-state index is 12.6. The van der Waals surface area contributed by atoms with Crippen molar-refractivity contribution < 1.29 is 9.84 Å². The molecule has 1 aliphatic heterocycles. The number of morpholine rings is 1. The second-order valence-corrected chi connectivity index (χ2v) is 8.90. The molecule has 0 aromatic heterocycles. The van der Waals surface area contributed by atoms with Crippen molar-refractivity contribution in [3.63, 3.8) is 0 Å². The van der Waals surface area contributed by atoms with E-state index < -0.39 is 5.60 Å². The van der Waals surface area contributed by atoms with Crippen molar-refractivity contribution in [2.75, 3.05) is 32.8 Å². The molecule has 2 unspecified atom stereocenters. The zero-order valence-corrected chi connectivity index (χ0v) is 18.9. The molecule has 3 nitrogen and oxygen atoms in total. The molecule has 0 radical (unpaired) electrons. The molecule has 0 bridgehead atoms. The monoisotopic (exact) mass is 429 g/mol. The Bertz CT molecular complexity index is 754. The number of benzene rings is 2. The molecular formula is C26H36ClNO2. The summed E-state index contributed by atoms with van der Waals surface area (Å²) in [5, 5.41) is 12.6. The SMILES string of the molecule is Cc1ccc(C(O)(C2CCCCC2)C(CN2CCOCC2)c2ccccc2)cc1.Cl. The summed E-state index contributed by atoms with van der Waals surface area (Å²) >= 11 is 0. The third-order valence-electron chi connectivity index (χ3n) is 7.02. The largest absolute Gasteiger partial charge is 0.384 e. The Morgan fingerprint density at radius 1 is 0.967 bits per heavy atom. The van der Waals surface area contributed by atoms with Gasteiger partial charge in [-0.1, -0.05) is 79.4 Å². The summed E-state index contributed by atoms with van der Waals surface area (Å²) in [6, 6.07) is 19.3. The molecule has 0 amide bonds. The molecule has 4 heteroatoms. The Hall–Kier alpha value is -1.39. The summed E-state index contributed by atoms with van der Waals surface area (Å²) in [5.41, 5.74) is 2.71. The van der Waals surface area contributed by atoms with Crippen molar-refractivity contribution in [3.8, 4) is 0 Å². The van der Waals surface area contributed by atoms with Gasteiger partial charge in [0.1, 0.15) is 5.60 Å². The summed E-state index contributed by atoms with van der Waals surface area (Å²) in [6.45, 7) is 6.44. The molecule has 1 N–H and O–H groups in total. The molecule has 30 heavy (non-hydrogen) atoms. The third-order valence-corrected chi connectivity index (χ3v) is 7.02. The van der Waals surface area contributed by atoms with E-state index in [1.165, 1.54) is 30.4 Å². The quantitative estimate of drug-likeness (QED) is 0.676. The number of aliphatic hydroxyl groups is 1. The predicted molar refractivity (Wildman–Crippen MR) is 125 cm³/mol. The lowest BCUT2D eigenvalue weighted by molar-refractivity contribution is -0.0758. The van der Waals surface area contributed by atoms with Crippen LogP contribution in [0.15, 0.2) is 54.6 Å². The van der Waals surface area contributed by atoms with E-state index in [2.05, 4.69) is 66.4 Å². The van der Waals surface area contributed by atoms with Crippen molar-refractivity contribution in [2.45, 2.75) is 50.5 Å². The van der Waals surface area contributed by atoms with Gasteiger partial charge in [0.25, 0.3) is 0 Å². The van der Waals surface area contributed by atoms with Crippen molar-refractivity contribution in [3.05, 3.63) is 71.3 Å². The Morgan fingerprint density at radius 2 is 1.60 bits per heavy atom. The Labute approximate surface area is 187 Å². The van der Waals surface area contributed by atoms with Crippen molar-refractivity contribution >= 4 is 12.4 Å². The first-order chi connectivity index (χ1) is 14.2. The summed E-state index contributed by atoms with van der Waals surface area (Å²) in [6.07, 6.45) is 5.95. The Morgan fingerprint density at radius 3 is 2.23 bits per heavy atom. The average Bonchev–Trinajstić information content (AvgIpc) is 2.79. The Balaban J connectivity index is 0.00000256. The van der Waals surface area contributed by atoms with E-state index in [-0.39, 0.29) is 18.3 Å². The molecule has 1 heterocycles. The van der Waals surface area contributed by atoms with Gasteiger partial charge in [0.05, 0.1) is 13.2 Å². The molecule has 164 valence electrons. The van der Waals surface area contributed by atoms with Gasteiger partial charge >= 0.3 is 0 Å². The summed E-state index contributed by atoms with van der Waals surface area (Å²) in [7, 11) is 0. The lowest BCUT2D eigenvalue weighted by atomic mass is 9.65. The third kappa shape index (κ3) is 5.08. The second-order valence-electron chi connectivity index (χ2n) is 8.90. The lowest BCUT2D eigenvalue weighted by Crippen LogP contribution is -2.48. The van der Waals surface area contributed by atoms with Gasteiger partial charge in [-0.2, -0.15) is 0 Å². The van der Waals surface area contributed by atoms with Crippen LogP contribution in [-0.4, -0.2) is 42.9 Å². The molecule has 1 aliphatic carbocycles. The van der Waals surface area contributed by atoms with Crippen molar-refractivity contribution in [1.29, 1.82) is 0 Å². The van der Waals surface area contributed by atoms with Crippen molar-refractivity contribution in [1.82, 2.24) is 4.90 Å². The van der Waals surface area contributed by atoms with Crippen LogP contribution in [0, 0.1) is 12.8 Å². The number of hydrogen-bond acceptors (Lipinski definition) is 3. The minimum atomic E-state index is -0.853. The zero-order valence-electron chi connectivity index (χ0n) is 18.1. The van der Waals surface area contributed by atoms with E-state index in [0.29, 0.717) is 5.92 Å². The molecule has 2 atom stereocenters. The number of halogens is 1. The summed E-state index contributed by atoms with van der Waals surface area (Å²) in [5.74, 6) is 0.345. The van der Waals surface area contributed by atoms with Crippen LogP contribution in [0.2, 0.25) is 0 Å². The standard InChI is InChI=1S/C26H35NO2.ClH/c1-21-12-14-24(15-13-21)26(28,23-10-6-3-7-11-23)25(22-8-4-2-5-9-22)20-27-16-18-29-19-17-27;/h2,4-5,8-9,12-15,23,25,28H,3,6-7,10-11,16-20H2,1H3;1H. The molecule has 0 spiro atoms. The fourth-order valence-corrected chi connectivity index (χ4v) is 5.31. The van der Waals surface area contributed by atoms with E-state index in [4.69, 9.17) is 4.74 Å². The maximum atomic E-state index is 12.6. The predicted octanol–water partition coefficient (Wildman–Crippen LogP) is 5.30. The van der Waals surface area contributed by atoms with Gasteiger partial charge in [0.15, 0.2) is 0 Å². The molecule has 1 saturated heterocycles. The highest BCUT2D eigenvalue weighted by Crippen LogP contribution is 2.48. The smallest absolute Gasteiger partial charge is 0.100 e. The van der Waals surface area contributed by atoms with Crippen LogP contribution in [0.4, 0.5) is 0 Å². The van der Waals surface area contributed by atoms with E-state index in [1.807, 2.05) is 0 Å². The lowest BCUT2D eigenvalue weighted by Gasteiger charge is -2.46. The minimum Gasteiger partial charge on any atom is -0.384 e. The van der Waals surface area contributed by atoms with Crippen LogP contribution in [0.5, 0.6) is 0 Å². The van der Waals surface area contributed by atoms with E-state index in [9.17, 15) is 5.11 Å². The molecular weight excluding hydrogens is 394 g/mol. The Kier molecular flexibility index (Phi) is 8.35. The normalized spacial score (nSPS) is 21.4. The van der Waals surface area contributed by atoms with Gasteiger partial charge in [-0.15, -0.1) is 12.4 Å². The van der Waals surface area contributed by atoms with Gasteiger partial charge < -0.3 is 9.84 Å². The molecule has 2 aromatic rings. The van der Waals surface area contributed by atoms with E-state index >= 15 is 0 Å². The number of nitrogens with zero attached hydrogens (tertiary/aromatic N) is 1. The maximum Gasteiger partial charge on any atom is 0.100 e. The minimum absolute atomic E-state index is 0. The molecule has 2 aliphatic rings. The second kappa shape index (κ2) is 10.8. The van der Waals surface area contributed by atoms with Crippen molar-refractivity contribution in [2.24, 2.45) is 5.92 Å². The van der Waals surface area contributed by atoms with Crippen LogP contribution in [0.1, 0.15) is 54.7 Å². The number of aryl methyl sites for hydroxylation is 1. The average molecular weight is 430 g/mol. The van der Waals surface area contributed by atoms with E-state index in [1.54, 1.807) is 0 Å². The van der Waals surface area contributed by atoms with Crippen LogP contribution in [0.3, 0.4) is 0 Å². The highest BCUT2D eigenvalue weighted by Gasteiger charge is 2.46. The molecule has 2 aromatic carbocycles. The number of ether oxygens (including phenoxy) is 1. The van der Waals surface area contributed by atoms with Crippen LogP contribution >= 0.6 is 12.4 Å². The zero-order chi connectivity index (χ0) is 20.1. The fraction of sp³-hybridized carbons (Fsp3) is 0.538. The molecule has 1 saturated carbocycles. The van der Waals surface area contributed by atoms with Gasteiger partial charge in [0, 0.05) is 25.6 Å². The first kappa shape index (κ1) is 23.3. The van der Waals surface area contributed by atoms with E-state index in [0.717, 1.165) is 51.3 Å². The van der Waals surface area contributed by atoms with Crippen LogP contribution in [0.25, 0.3) is 0 Å². The fourth-order valence-electron chi connectivity index (χ4n) is 5.31. The van der Waals surface area contributed by atoms with Gasteiger partial charge in [0.2, 0.25) is 0 Å². The number of hydrogen-bond donors (Lipinski definition) is 1. The van der Waals surface area contributed by atoms with Crippen LogP contribution < -0.4 is 0 Å². The van der Waals surface area contributed by atoms with Gasteiger partial charge in [-0.25, -0.2) is 0 Å². The highest BCUT2D eigenvalue weighted by molar-refractivity contribution is 5.85.